The third kappa shape index (κ3) is 3.11. The van der Waals surface area contributed by atoms with Gasteiger partial charge in [0.05, 0.1) is 0 Å². The van der Waals surface area contributed by atoms with E-state index < -0.39 is 0 Å². The summed E-state index contributed by atoms with van der Waals surface area (Å²) in [6.07, 6.45) is 5.40. The van der Waals surface area contributed by atoms with Crippen molar-refractivity contribution in [2.24, 2.45) is 5.92 Å². The van der Waals surface area contributed by atoms with Gasteiger partial charge in [-0.25, -0.2) is 4.39 Å². The molecule has 1 aromatic rings. The van der Waals surface area contributed by atoms with E-state index in [-0.39, 0.29) is 11.9 Å². The first-order valence-electron chi connectivity index (χ1n) is 7.10. The second-order valence-corrected chi connectivity index (χ2v) is 5.73. The van der Waals surface area contributed by atoms with Crippen molar-refractivity contribution in [2.75, 3.05) is 0 Å². The zero-order chi connectivity index (χ0) is 13.1. The highest BCUT2D eigenvalue weighted by atomic mass is 19.1. The first-order valence-corrected chi connectivity index (χ1v) is 7.10. The fourth-order valence-electron chi connectivity index (χ4n) is 2.96. The standard InChI is InChI=1S/C16H24FN/c1-11-8-9-15(10-16(11)17)13(3)18-12(2)14-6-4-5-7-14/h8-10,12-14,18H,4-7H2,1-3H3/t12-,13?/m1/s1. The molecule has 1 fully saturated rings. The van der Waals surface area contributed by atoms with E-state index in [0.29, 0.717) is 6.04 Å². The maximum absolute atomic E-state index is 13.6. The molecule has 100 valence electrons. The lowest BCUT2D eigenvalue weighted by Gasteiger charge is -2.25. The number of benzene rings is 1. The van der Waals surface area contributed by atoms with Gasteiger partial charge in [-0.15, -0.1) is 0 Å². The van der Waals surface area contributed by atoms with Crippen LogP contribution in [-0.2, 0) is 0 Å². The Hall–Kier alpha value is -0.890. The van der Waals surface area contributed by atoms with Gasteiger partial charge in [-0.1, -0.05) is 25.0 Å². The largest absolute Gasteiger partial charge is 0.307 e. The molecule has 1 aliphatic carbocycles. The molecule has 0 saturated heterocycles. The van der Waals surface area contributed by atoms with Crippen molar-refractivity contribution < 1.29 is 4.39 Å². The topological polar surface area (TPSA) is 12.0 Å². The van der Waals surface area contributed by atoms with Gasteiger partial charge in [0.25, 0.3) is 0 Å². The number of hydrogen-bond acceptors (Lipinski definition) is 1. The zero-order valence-electron chi connectivity index (χ0n) is 11.7. The summed E-state index contributed by atoms with van der Waals surface area (Å²) in [4.78, 5) is 0. The molecule has 1 aromatic carbocycles. The van der Waals surface area contributed by atoms with Crippen LogP contribution in [0.15, 0.2) is 18.2 Å². The van der Waals surface area contributed by atoms with Crippen LogP contribution in [0.1, 0.15) is 56.7 Å². The van der Waals surface area contributed by atoms with E-state index in [4.69, 9.17) is 0 Å². The Morgan fingerprint density at radius 1 is 1.22 bits per heavy atom. The summed E-state index contributed by atoms with van der Waals surface area (Å²) >= 11 is 0. The molecule has 0 radical (unpaired) electrons. The van der Waals surface area contributed by atoms with E-state index in [1.807, 2.05) is 12.1 Å². The predicted molar refractivity (Wildman–Crippen MR) is 74.1 cm³/mol. The summed E-state index contributed by atoms with van der Waals surface area (Å²) in [5.41, 5.74) is 1.76. The Labute approximate surface area is 110 Å². The minimum Gasteiger partial charge on any atom is -0.307 e. The second kappa shape index (κ2) is 5.83. The summed E-state index contributed by atoms with van der Waals surface area (Å²) in [5.74, 6) is 0.692. The maximum Gasteiger partial charge on any atom is 0.126 e. The van der Waals surface area contributed by atoms with Crippen molar-refractivity contribution in [1.82, 2.24) is 5.32 Å². The molecular weight excluding hydrogens is 225 g/mol. The summed E-state index contributed by atoms with van der Waals surface area (Å²) in [6, 6.07) is 6.29. The molecule has 1 N–H and O–H groups in total. The SMILES string of the molecule is Cc1ccc(C(C)N[C@H](C)C2CCCC2)cc1F. The molecule has 0 aromatic heterocycles. The lowest BCUT2D eigenvalue weighted by Crippen LogP contribution is -2.34. The molecule has 1 aliphatic rings. The van der Waals surface area contributed by atoms with Gasteiger partial charge in [-0.2, -0.15) is 0 Å². The fourth-order valence-corrected chi connectivity index (χ4v) is 2.96. The molecular formula is C16H24FN. The lowest BCUT2D eigenvalue weighted by atomic mass is 9.97. The van der Waals surface area contributed by atoms with Crippen LogP contribution in [0.5, 0.6) is 0 Å². The third-order valence-electron chi connectivity index (χ3n) is 4.32. The van der Waals surface area contributed by atoms with Gasteiger partial charge in [0.2, 0.25) is 0 Å². The molecule has 0 heterocycles. The molecule has 1 nitrogen and oxygen atoms in total. The van der Waals surface area contributed by atoms with Crippen LogP contribution >= 0.6 is 0 Å². The fraction of sp³-hybridized carbons (Fsp3) is 0.625. The van der Waals surface area contributed by atoms with Crippen LogP contribution < -0.4 is 5.32 Å². The second-order valence-electron chi connectivity index (χ2n) is 5.73. The molecule has 2 heteroatoms. The highest BCUT2D eigenvalue weighted by Crippen LogP contribution is 2.29. The number of hydrogen-bond donors (Lipinski definition) is 1. The minimum absolute atomic E-state index is 0.102. The van der Waals surface area contributed by atoms with E-state index in [2.05, 4.69) is 19.2 Å². The average Bonchev–Trinajstić information content (AvgIpc) is 2.86. The van der Waals surface area contributed by atoms with Gasteiger partial charge in [0, 0.05) is 12.1 Å². The van der Waals surface area contributed by atoms with Gasteiger partial charge in [-0.3, -0.25) is 0 Å². The lowest BCUT2D eigenvalue weighted by molar-refractivity contribution is 0.352. The third-order valence-corrected chi connectivity index (χ3v) is 4.32. The summed E-state index contributed by atoms with van der Waals surface area (Å²) < 4.78 is 13.6. The smallest absolute Gasteiger partial charge is 0.126 e. The molecule has 1 unspecified atom stereocenters. The van der Waals surface area contributed by atoms with Gasteiger partial charge in [-0.05, 0) is 56.7 Å². The molecule has 18 heavy (non-hydrogen) atoms. The Morgan fingerprint density at radius 3 is 2.50 bits per heavy atom. The Balaban J connectivity index is 1.97. The predicted octanol–water partition coefficient (Wildman–Crippen LogP) is 4.36. The van der Waals surface area contributed by atoms with Crippen LogP contribution in [0.3, 0.4) is 0 Å². The van der Waals surface area contributed by atoms with E-state index in [1.165, 1.54) is 25.7 Å². The molecule has 0 spiro atoms. The molecule has 0 aliphatic heterocycles. The average molecular weight is 249 g/mol. The number of rotatable bonds is 4. The van der Waals surface area contributed by atoms with Crippen molar-refractivity contribution in [3.63, 3.8) is 0 Å². The number of aryl methyl sites for hydroxylation is 1. The normalized spacial score (nSPS) is 20.0. The van der Waals surface area contributed by atoms with Gasteiger partial charge in [0.1, 0.15) is 5.82 Å². The summed E-state index contributed by atoms with van der Waals surface area (Å²) in [7, 11) is 0. The summed E-state index contributed by atoms with van der Waals surface area (Å²) in [6.45, 7) is 6.19. The van der Waals surface area contributed by atoms with Gasteiger partial charge < -0.3 is 5.32 Å². The Bertz CT molecular complexity index is 396. The summed E-state index contributed by atoms with van der Waals surface area (Å²) in [5, 5.41) is 3.62. The van der Waals surface area contributed by atoms with Gasteiger partial charge >= 0.3 is 0 Å². The molecule has 2 rings (SSSR count). The van der Waals surface area contributed by atoms with Crippen LogP contribution in [0.2, 0.25) is 0 Å². The number of nitrogens with one attached hydrogen (secondary N) is 1. The first-order chi connectivity index (χ1) is 8.58. The number of halogens is 1. The highest BCUT2D eigenvalue weighted by Gasteiger charge is 2.22. The van der Waals surface area contributed by atoms with E-state index >= 15 is 0 Å². The molecule has 0 bridgehead atoms. The van der Waals surface area contributed by atoms with Crippen molar-refractivity contribution in [2.45, 2.75) is 58.5 Å². The first kappa shape index (κ1) is 13.5. The minimum atomic E-state index is -0.102. The van der Waals surface area contributed by atoms with Crippen molar-refractivity contribution in [1.29, 1.82) is 0 Å². The van der Waals surface area contributed by atoms with E-state index in [9.17, 15) is 4.39 Å². The highest BCUT2D eigenvalue weighted by molar-refractivity contribution is 5.25. The van der Waals surface area contributed by atoms with Crippen molar-refractivity contribution >= 4 is 0 Å². The van der Waals surface area contributed by atoms with E-state index in [0.717, 1.165) is 17.0 Å². The van der Waals surface area contributed by atoms with Crippen LogP contribution in [0, 0.1) is 18.7 Å². The van der Waals surface area contributed by atoms with Crippen molar-refractivity contribution in [3.05, 3.63) is 35.1 Å². The monoisotopic (exact) mass is 249 g/mol. The van der Waals surface area contributed by atoms with Crippen LogP contribution in [-0.4, -0.2) is 6.04 Å². The quantitative estimate of drug-likeness (QED) is 0.836. The molecule has 1 saturated carbocycles. The van der Waals surface area contributed by atoms with Gasteiger partial charge in [0.15, 0.2) is 0 Å². The van der Waals surface area contributed by atoms with Crippen molar-refractivity contribution in [3.8, 4) is 0 Å². The van der Waals surface area contributed by atoms with Crippen LogP contribution in [0.25, 0.3) is 0 Å². The Morgan fingerprint density at radius 2 is 1.89 bits per heavy atom. The zero-order valence-corrected chi connectivity index (χ0v) is 11.7. The van der Waals surface area contributed by atoms with E-state index in [1.54, 1.807) is 13.0 Å². The Kier molecular flexibility index (Phi) is 4.39. The van der Waals surface area contributed by atoms with Crippen LogP contribution in [0.4, 0.5) is 4.39 Å². The molecule has 2 atom stereocenters. The maximum atomic E-state index is 13.6. The molecule has 0 amide bonds.